The number of fused-ring (bicyclic) bond motifs is 1. The number of nitrogens with two attached hydrogens (primary N) is 1. The van der Waals surface area contributed by atoms with Crippen LogP contribution in [0.4, 0.5) is 14.6 Å². The van der Waals surface area contributed by atoms with Gasteiger partial charge in [-0.05, 0) is 12.1 Å². The topological polar surface area (TPSA) is 61.3 Å². The maximum Gasteiger partial charge on any atom is 0.387 e. The van der Waals surface area contributed by atoms with Gasteiger partial charge in [0.05, 0.1) is 0 Å². The molecule has 14 heavy (non-hydrogen) atoms. The van der Waals surface area contributed by atoms with Gasteiger partial charge < -0.3 is 15.0 Å². The van der Waals surface area contributed by atoms with E-state index in [1.165, 1.54) is 12.1 Å². The molecule has 0 atom stereocenters. The van der Waals surface area contributed by atoms with E-state index in [0.29, 0.717) is 5.58 Å². The highest BCUT2D eigenvalue weighted by molar-refractivity contribution is 5.92. The first kappa shape index (κ1) is 8.74. The Morgan fingerprint density at radius 1 is 1.43 bits per heavy atom. The Hall–Kier alpha value is -1.85. The SMILES string of the molecule is Nc1noc2cccc(OC(F)F)c12. The molecule has 0 aliphatic heterocycles. The lowest BCUT2D eigenvalue weighted by Crippen LogP contribution is -2.02. The molecule has 2 aromatic rings. The van der Waals surface area contributed by atoms with Crippen molar-refractivity contribution < 1.29 is 18.0 Å². The van der Waals surface area contributed by atoms with Crippen LogP contribution in [0.25, 0.3) is 11.0 Å². The summed E-state index contributed by atoms with van der Waals surface area (Å²) in [5, 5.41) is 3.71. The largest absolute Gasteiger partial charge is 0.434 e. The molecule has 2 N–H and O–H groups in total. The molecule has 0 unspecified atom stereocenters. The third-order valence-corrected chi connectivity index (χ3v) is 1.70. The highest BCUT2D eigenvalue weighted by Crippen LogP contribution is 2.31. The molecule has 1 heterocycles. The molecule has 0 saturated carbocycles. The Morgan fingerprint density at radius 3 is 2.93 bits per heavy atom. The minimum absolute atomic E-state index is 0.0312. The normalized spacial score (nSPS) is 11.1. The maximum atomic E-state index is 12.0. The van der Waals surface area contributed by atoms with Gasteiger partial charge in [0.25, 0.3) is 0 Å². The molecule has 0 radical (unpaired) electrons. The molecule has 1 aromatic carbocycles. The van der Waals surface area contributed by atoms with E-state index in [9.17, 15) is 8.78 Å². The fraction of sp³-hybridized carbons (Fsp3) is 0.125. The summed E-state index contributed by atoms with van der Waals surface area (Å²) in [6.07, 6.45) is 0. The van der Waals surface area contributed by atoms with Crippen molar-refractivity contribution in [3.05, 3.63) is 18.2 Å². The van der Waals surface area contributed by atoms with Crippen molar-refractivity contribution in [1.29, 1.82) is 0 Å². The van der Waals surface area contributed by atoms with Gasteiger partial charge in [0.2, 0.25) is 0 Å². The van der Waals surface area contributed by atoms with Gasteiger partial charge in [-0.1, -0.05) is 11.2 Å². The molecule has 0 bridgehead atoms. The number of anilines is 1. The Morgan fingerprint density at radius 2 is 2.21 bits per heavy atom. The van der Waals surface area contributed by atoms with Crippen molar-refractivity contribution in [2.24, 2.45) is 0 Å². The molecule has 0 aliphatic rings. The zero-order valence-electron chi connectivity index (χ0n) is 6.91. The van der Waals surface area contributed by atoms with E-state index >= 15 is 0 Å². The molecule has 0 amide bonds. The van der Waals surface area contributed by atoms with Crippen LogP contribution in [0.3, 0.4) is 0 Å². The molecule has 0 aliphatic carbocycles. The fourth-order valence-corrected chi connectivity index (χ4v) is 1.18. The van der Waals surface area contributed by atoms with Gasteiger partial charge in [0.15, 0.2) is 11.4 Å². The lowest BCUT2D eigenvalue weighted by molar-refractivity contribution is -0.0487. The number of aromatic nitrogens is 1. The Balaban J connectivity index is 2.57. The second-order valence-corrected chi connectivity index (χ2v) is 2.58. The summed E-state index contributed by atoms with van der Waals surface area (Å²) in [5.41, 5.74) is 5.74. The predicted molar refractivity (Wildman–Crippen MR) is 45.1 cm³/mol. The number of rotatable bonds is 2. The summed E-state index contributed by atoms with van der Waals surface area (Å²) in [6, 6.07) is 4.46. The van der Waals surface area contributed by atoms with Crippen molar-refractivity contribution >= 4 is 16.8 Å². The number of halogens is 2. The van der Waals surface area contributed by atoms with Crippen LogP contribution < -0.4 is 10.5 Å². The number of nitrogens with zero attached hydrogens (tertiary/aromatic N) is 1. The van der Waals surface area contributed by atoms with Gasteiger partial charge in [-0.15, -0.1) is 0 Å². The first-order valence-electron chi connectivity index (χ1n) is 3.77. The minimum Gasteiger partial charge on any atom is -0.434 e. The van der Waals surface area contributed by atoms with E-state index < -0.39 is 6.61 Å². The van der Waals surface area contributed by atoms with Crippen molar-refractivity contribution in [2.45, 2.75) is 6.61 Å². The lowest BCUT2D eigenvalue weighted by Gasteiger charge is -2.04. The highest BCUT2D eigenvalue weighted by atomic mass is 19.3. The van der Waals surface area contributed by atoms with E-state index in [-0.39, 0.29) is 17.0 Å². The first-order valence-corrected chi connectivity index (χ1v) is 3.77. The van der Waals surface area contributed by atoms with Crippen molar-refractivity contribution in [3.63, 3.8) is 0 Å². The summed E-state index contributed by atoms with van der Waals surface area (Å²) in [7, 11) is 0. The zero-order valence-corrected chi connectivity index (χ0v) is 6.91. The average molecular weight is 200 g/mol. The Kier molecular flexibility index (Phi) is 1.95. The van der Waals surface area contributed by atoms with E-state index in [1.807, 2.05) is 0 Å². The molecule has 0 fully saturated rings. The molecule has 4 nitrogen and oxygen atoms in total. The first-order chi connectivity index (χ1) is 6.68. The van der Waals surface area contributed by atoms with Gasteiger partial charge in [-0.2, -0.15) is 8.78 Å². The van der Waals surface area contributed by atoms with Crippen LogP contribution in [-0.4, -0.2) is 11.8 Å². The number of alkyl halides is 2. The van der Waals surface area contributed by atoms with Crippen LogP contribution in [0.1, 0.15) is 0 Å². The molecule has 0 saturated heterocycles. The molecule has 0 spiro atoms. The van der Waals surface area contributed by atoms with Crippen molar-refractivity contribution in [3.8, 4) is 5.75 Å². The maximum absolute atomic E-state index is 12.0. The molecular formula is C8H6F2N2O2. The Labute approximate surface area is 77.2 Å². The smallest absolute Gasteiger partial charge is 0.387 e. The second kappa shape index (κ2) is 3.13. The van der Waals surface area contributed by atoms with Crippen LogP contribution in [0, 0.1) is 0 Å². The van der Waals surface area contributed by atoms with Crippen LogP contribution in [0.5, 0.6) is 5.75 Å². The van der Waals surface area contributed by atoms with E-state index in [1.54, 1.807) is 6.07 Å². The summed E-state index contributed by atoms with van der Waals surface area (Å²) >= 11 is 0. The number of hydrogen-bond donors (Lipinski definition) is 1. The third-order valence-electron chi connectivity index (χ3n) is 1.70. The van der Waals surface area contributed by atoms with Crippen LogP contribution in [-0.2, 0) is 0 Å². The van der Waals surface area contributed by atoms with Gasteiger partial charge >= 0.3 is 6.61 Å². The monoisotopic (exact) mass is 200 g/mol. The number of ether oxygens (including phenoxy) is 1. The van der Waals surface area contributed by atoms with Crippen LogP contribution >= 0.6 is 0 Å². The number of hydrogen-bond acceptors (Lipinski definition) is 4. The molecule has 74 valence electrons. The van der Waals surface area contributed by atoms with E-state index in [0.717, 1.165) is 0 Å². The highest BCUT2D eigenvalue weighted by Gasteiger charge is 2.13. The zero-order chi connectivity index (χ0) is 10.1. The standard InChI is InChI=1S/C8H6F2N2O2/c9-8(10)13-4-2-1-3-5-6(4)7(11)12-14-5/h1-3,8H,(H2,11,12). The van der Waals surface area contributed by atoms with Gasteiger partial charge in [-0.3, -0.25) is 0 Å². The number of nitrogen functional groups attached to an aromatic ring is 1. The van der Waals surface area contributed by atoms with Crippen molar-refractivity contribution in [2.75, 3.05) is 5.73 Å². The molecule has 1 aromatic heterocycles. The van der Waals surface area contributed by atoms with E-state index in [4.69, 9.17) is 10.3 Å². The van der Waals surface area contributed by atoms with Gasteiger partial charge in [0.1, 0.15) is 11.1 Å². The second-order valence-electron chi connectivity index (χ2n) is 2.58. The fourth-order valence-electron chi connectivity index (χ4n) is 1.18. The Bertz CT molecular complexity index is 456. The third kappa shape index (κ3) is 1.34. The van der Waals surface area contributed by atoms with Gasteiger partial charge in [0, 0.05) is 0 Å². The molecular weight excluding hydrogens is 194 g/mol. The van der Waals surface area contributed by atoms with Gasteiger partial charge in [-0.25, -0.2) is 0 Å². The van der Waals surface area contributed by atoms with E-state index in [2.05, 4.69) is 9.89 Å². The summed E-state index contributed by atoms with van der Waals surface area (Å²) in [4.78, 5) is 0. The average Bonchev–Trinajstić information content (AvgIpc) is 2.48. The van der Waals surface area contributed by atoms with Crippen LogP contribution in [0.2, 0.25) is 0 Å². The molecule has 6 heteroatoms. The predicted octanol–water partition coefficient (Wildman–Crippen LogP) is 2.01. The number of benzene rings is 1. The summed E-state index contributed by atoms with van der Waals surface area (Å²) < 4.78 is 33.0. The summed E-state index contributed by atoms with van der Waals surface area (Å²) in [5.74, 6) is 0.00694. The van der Waals surface area contributed by atoms with Crippen LogP contribution in [0.15, 0.2) is 22.7 Å². The quantitative estimate of drug-likeness (QED) is 0.805. The summed E-state index contributed by atoms with van der Waals surface area (Å²) in [6.45, 7) is -2.89. The molecule has 2 rings (SSSR count). The minimum atomic E-state index is -2.89. The van der Waals surface area contributed by atoms with Crippen molar-refractivity contribution in [1.82, 2.24) is 5.16 Å². The lowest BCUT2D eigenvalue weighted by atomic mass is 10.2.